The molecule has 0 aliphatic rings. The van der Waals surface area contributed by atoms with Gasteiger partial charge < -0.3 is 15.5 Å². The summed E-state index contributed by atoms with van der Waals surface area (Å²) >= 11 is 0. The number of nitrogens with one attached hydrogen (secondary N) is 3. The maximum Gasteiger partial charge on any atom is 0.279 e. The topological polar surface area (TPSA) is 62.6 Å². The highest BCUT2D eigenvalue weighted by Gasteiger charge is 2.15. The van der Waals surface area contributed by atoms with Gasteiger partial charge in [0, 0.05) is 12.2 Å². The number of amides is 2. The zero-order valence-electron chi connectivity index (χ0n) is 15.0. The third-order valence-corrected chi connectivity index (χ3v) is 3.71. The van der Waals surface area contributed by atoms with E-state index < -0.39 is 0 Å². The Morgan fingerprint density at radius 2 is 1.65 bits per heavy atom. The zero-order valence-corrected chi connectivity index (χ0v) is 15.0. The first-order chi connectivity index (χ1) is 10.8. The molecule has 128 valence electrons. The van der Waals surface area contributed by atoms with Crippen LogP contribution in [0.5, 0.6) is 0 Å². The minimum atomic E-state index is -0.0742. The van der Waals surface area contributed by atoms with Crippen LogP contribution in [-0.4, -0.2) is 38.5 Å². The monoisotopic (exact) mass is 320 g/mol. The van der Waals surface area contributed by atoms with E-state index in [1.54, 1.807) is 0 Å². The van der Waals surface area contributed by atoms with E-state index in [1.807, 2.05) is 39.1 Å². The Bertz CT molecular complexity index is 521. The highest BCUT2D eigenvalue weighted by Crippen LogP contribution is 2.18. The van der Waals surface area contributed by atoms with E-state index in [0.717, 1.165) is 28.1 Å². The lowest BCUT2D eigenvalue weighted by molar-refractivity contribution is -0.862. The fourth-order valence-corrected chi connectivity index (χ4v) is 2.37. The zero-order chi connectivity index (χ0) is 17.4. The minimum absolute atomic E-state index is 0.0111. The van der Waals surface area contributed by atoms with Crippen LogP contribution in [0.1, 0.15) is 31.4 Å². The lowest BCUT2D eigenvalue weighted by atomic mass is 10.1. The van der Waals surface area contributed by atoms with Crippen molar-refractivity contribution in [2.45, 2.75) is 34.1 Å². The third-order valence-electron chi connectivity index (χ3n) is 3.71. The predicted molar refractivity (Wildman–Crippen MR) is 93.6 cm³/mol. The summed E-state index contributed by atoms with van der Waals surface area (Å²) < 4.78 is 0. The fourth-order valence-electron chi connectivity index (χ4n) is 2.37. The Balaban J connectivity index is 2.40. The smallest absolute Gasteiger partial charge is 0.279 e. The number of benzene rings is 1. The van der Waals surface area contributed by atoms with Crippen LogP contribution in [-0.2, 0) is 9.59 Å². The van der Waals surface area contributed by atoms with E-state index in [0.29, 0.717) is 19.0 Å². The van der Waals surface area contributed by atoms with Gasteiger partial charge in [-0.1, -0.05) is 32.0 Å². The van der Waals surface area contributed by atoms with Crippen LogP contribution in [0.15, 0.2) is 18.2 Å². The van der Waals surface area contributed by atoms with Crippen molar-refractivity contribution in [3.63, 3.8) is 0 Å². The van der Waals surface area contributed by atoms with Crippen molar-refractivity contribution in [2.24, 2.45) is 5.92 Å². The Kier molecular flexibility index (Phi) is 7.75. The lowest BCUT2D eigenvalue weighted by Crippen LogP contribution is -3.11. The number of hydrogen-bond acceptors (Lipinski definition) is 2. The van der Waals surface area contributed by atoms with Crippen molar-refractivity contribution in [1.82, 2.24) is 5.32 Å². The molecule has 2 amide bonds. The van der Waals surface area contributed by atoms with Crippen molar-refractivity contribution in [3.8, 4) is 0 Å². The molecule has 0 saturated carbocycles. The summed E-state index contributed by atoms with van der Waals surface area (Å²) in [6.45, 7) is 9.47. The summed E-state index contributed by atoms with van der Waals surface area (Å²) in [5.74, 6) is 0.487. The number of carbonyl (C=O) groups excluding carboxylic acids is 2. The molecular weight excluding hydrogens is 290 g/mol. The molecule has 0 aliphatic heterocycles. The van der Waals surface area contributed by atoms with Crippen LogP contribution in [0.4, 0.5) is 5.69 Å². The van der Waals surface area contributed by atoms with Crippen molar-refractivity contribution < 1.29 is 14.5 Å². The number of aryl methyl sites for hydroxylation is 2. The minimum Gasteiger partial charge on any atom is -0.351 e. The molecule has 0 radical (unpaired) electrons. The Hall–Kier alpha value is -1.88. The molecule has 0 fully saturated rings. The van der Waals surface area contributed by atoms with Gasteiger partial charge in [-0.15, -0.1) is 0 Å². The number of para-hydroxylation sites is 1. The normalized spacial score (nSPS) is 12.1. The molecule has 0 saturated heterocycles. The van der Waals surface area contributed by atoms with Gasteiger partial charge in [0.25, 0.3) is 11.8 Å². The second kappa shape index (κ2) is 9.30. The molecule has 1 aromatic rings. The summed E-state index contributed by atoms with van der Waals surface area (Å²) in [7, 11) is 1.85. The highest BCUT2D eigenvalue weighted by atomic mass is 16.2. The third kappa shape index (κ3) is 7.28. The van der Waals surface area contributed by atoms with Gasteiger partial charge in [-0.05, 0) is 37.3 Å². The van der Waals surface area contributed by atoms with Crippen LogP contribution in [0.25, 0.3) is 0 Å². The van der Waals surface area contributed by atoms with Crippen LogP contribution < -0.4 is 15.5 Å². The van der Waals surface area contributed by atoms with Crippen molar-refractivity contribution in [2.75, 3.05) is 32.0 Å². The molecular formula is C18H30N3O2+. The number of quaternary nitrogens is 1. The molecule has 5 nitrogen and oxygen atoms in total. The average molecular weight is 320 g/mol. The fraction of sp³-hybridized carbons (Fsp3) is 0.556. The van der Waals surface area contributed by atoms with Gasteiger partial charge in [-0.25, -0.2) is 0 Å². The first kappa shape index (κ1) is 19.2. The second-order valence-corrected chi connectivity index (χ2v) is 6.66. The summed E-state index contributed by atoms with van der Waals surface area (Å²) in [6, 6.07) is 5.92. The Labute approximate surface area is 139 Å². The molecule has 1 unspecified atom stereocenters. The Morgan fingerprint density at radius 1 is 1.09 bits per heavy atom. The number of anilines is 1. The van der Waals surface area contributed by atoms with Crippen molar-refractivity contribution in [3.05, 3.63) is 29.3 Å². The summed E-state index contributed by atoms with van der Waals surface area (Å²) in [5, 5.41) is 5.84. The standard InChI is InChI=1S/C18H29N3O2/c1-13(2)9-10-19-16(22)11-21(5)12-17(23)20-18-14(3)7-6-8-15(18)4/h6-8,13H,9-12H2,1-5H3,(H,19,22)(H,20,23)/p+1. The quantitative estimate of drug-likeness (QED) is 0.667. The van der Waals surface area contributed by atoms with Gasteiger partial charge in [0.2, 0.25) is 0 Å². The highest BCUT2D eigenvalue weighted by molar-refractivity contribution is 5.93. The van der Waals surface area contributed by atoms with Gasteiger partial charge in [0.05, 0.1) is 7.05 Å². The Morgan fingerprint density at radius 3 is 2.22 bits per heavy atom. The van der Waals surface area contributed by atoms with Gasteiger partial charge in [0.15, 0.2) is 13.1 Å². The van der Waals surface area contributed by atoms with E-state index >= 15 is 0 Å². The maximum absolute atomic E-state index is 12.1. The molecule has 0 spiro atoms. The molecule has 5 heteroatoms. The number of hydrogen-bond donors (Lipinski definition) is 3. The molecule has 23 heavy (non-hydrogen) atoms. The van der Waals surface area contributed by atoms with E-state index in [9.17, 15) is 9.59 Å². The van der Waals surface area contributed by atoms with Crippen LogP contribution in [0, 0.1) is 19.8 Å². The number of rotatable bonds is 8. The summed E-state index contributed by atoms with van der Waals surface area (Å²) in [5.41, 5.74) is 2.96. The van der Waals surface area contributed by atoms with E-state index in [1.165, 1.54) is 0 Å². The molecule has 0 aromatic heterocycles. The first-order valence-electron chi connectivity index (χ1n) is 8.23. The second-order valence-electron chi connectivity index (χ2n) is 6.66. The molecule has 1 aromatic carbocycles. The van der Waals surface area contributed by atoms with Crippen molar-refractivity contribution in [1.29, 1.82) is 0 Å². The largest absolute Gasteiger partial charge is 0.351 e. The van der Waals surface area contributed by atoms with E-state index in [4.69, 9.17) is 0 Å². The molecule has 1 rings (SSSR count). The maximum atomic E-state index is 12.1. The van der Waals surface area contributed by atoms with Crippen molar-refractivity contribution >= 4 is 17.5 Å². The SMILES string of the molecule is Cc1cccc(C)c1NC(=O)C[NH+](C)CC(=O)NCCC(C)C. The molecule has 3 N–H and O–H groups in total. The van der Waals surface area contributed by atoms with E-state index in [-0.39, 0.29) is 18.4 Å². The van der Waals surface area contributed by atoms with Crippen LogP contribution in [0.2, 0.25) is 0 Å². The molecule has 1 atom stereocenters. The van der Waals surface area contributed by atoms with Gasteiger partial charge in [0.1, 0.15) is 0 Å². The average Bonchev–Trinajstić information content (AvgIpc) is 2.42. The molecule has 0 heterocycles. The summed E-state index contributed by atoms with van der Waals surface area (Å²) in [6.07, 6.45) is 0.970. The molecule has 0 aliphatic carbocycles. The van der Waals surface area contributed by atoms with Gasteiger partial charge >= 0.3 is 0 Å². The molecule has 0 bridgehead atoms. The van der Waals surface area contributed by atoms with Gasteiger partial charge in [-0.2, -0.15) is 0 Å². The number of likely N-dealkylation sites (N-methyl/N-ethyl adjacent to an activating group) is 1. The summed E-state index contributed by atoms with van der Waals surface area (Å²) in [4.78, 5) is 24.8. The first-order valence-corrected chi connectivity index (χ1v) is 8.23. The van der Waals surface area contributed by atoms with Crippen LogP contribution in [0.3, 0.4) is 0 Å². The van der Waals surface area contributed by atoms with Crippen LogP contribution >= 0.6 is 0 Å². The van der Waals surface area contributed by atoms with E-state index in [2.05, 4.69) is 24.5 Å². The predicted octanol–water partition coefficient (Wildman–Crippen LogP) is 0.919. The lowest BCUT2D eigenvalue weighted by Gasteiger charge is -2.15. The van der Waals surface area contributed by atoms with Gasteiger partial charge in [-0.3, -0.25) is 9.59 Å². The number of carbonyl (C=O) groups is 2.